The summed E-state index contributed by atoms with van der Waals surface area (Å²) in [7, 11) is 0. The lowest BCUT2D eigenvalue weighted by Crippen LogP contribution is -2.09. The monoisotopic (exact) mass is 374 g/mol. The highest BCUT2D eigenvalue weighted by atomic mass is 16.5. The molecule has 6 heteroatoms. The van der Waals surface area contributed by atoms with Crippen molar-refractivity contribution in [1.29, 1.82) is 0 Å². The minimum Gasteiger partial charge on any atom is -0.494 e. The van der Waals surface area contributed by atoms with Crippen LogP contribution in [0.3, 0.4) is 0 Å². The van der Waals surface area contributed by atoms with Crippen molar-refractivity contribution in [1.82, 2.24) is 9.97 Å². The molecular weight excluding hydrogens is 356 g/mol. The van der Waals surface area contributed by atoms with Crippen LogP contribution in [-0.2, 0) is 4.79 Å². The number of rotatable bonds is 7. The van der Waals surface area contributed by atoms with Crippen molar-refractivity contribution in [3.63, 3.8) is 0 Å². The second kappa shape index (κ2) is 8.35. The number of para-hydroxylation sites is 1. The van der Waals surface area contributed by atoms with E-state index < -0.39 is 0 Å². The molecule has 28 heavy (non-hydrogen) atoms. The molecule has 0 fully saturated rings. The van der Waals surface area contributed by atoms with Gasteiger partial charge in [-0.15, -0.1) is 0 Å². The molecule has 4 aromatic rings. The Morgan fingerprint density at radius 2 is 1.82 bits per heavy atom. The van der Waals surface area contributed by atoms with Gasteiger partial charge in [-0.2, -0.15) is 0 Å². The summed E-state index contributed by atoms with van der Waals surface area (Å²) >= 11 is 0. The summed E-state index contributed by atoms with van der Waals surface area (Å²) in [6, 6.07) is 20.1. The number of fused-ring (bicyclic) bond motifs is 1. The van der Waals surface area contributed by atoms with Crippen molar-refractivity contribution in [3.8, 4) is 23.1 Å². The van der Waals surface area contributed by atoms with Crippen molar-refractivity contribution in [2.45, 2.75) is 12.8 Å². The van der Waals surface area contributed by atoms with Gasteiger partial charge in [0.25, 0.3) is 0 Å². The van der Waals surface area contributed by atoms with E-state index in [9.17, 15) is 4.79 Å². The minimum absolute atomic E-state index is 0.264. The van der Waals surface area contributed by atoms with E-state index in [2.05, 4.69) is 9.97 Å². The van der Waals surface area contributed by atoms with E-state index in [-0.39, 0.29) is 12.4 Å². The lowest BCUT2D eigenvalue weighted by Gasteiger charge is -2.06. The summed E-state index contributed by atoms with van der Waals surface area (Å²) < 4.78 is 16.7. The van der Waals surface area contributed by atoms with Gasteiger partial charge in [0.1, 0.15) is 22.7 Å². The molecule has 2 aromatic carbocycles. The largest absolute Gasteiger partial charge is 0.494 e. The van der Waals surface area contributed by atoms with Crippen LogP contribution in [0.25, 0.3) is 22.7 Å². The van der Waals surface area contributed by atoms with Gasteiger partial charge in [0.15, 0.2) is 5.58 Å². The van der Waals surface area contributed by atoms with Crippen molar-refractivity contribution < 1.29 is 18.7 Å². The zero-order valence-corrected chi connectivity index (χ0v) is 15.1. The number of hydrogen-bond acceptors (Lipinski definition) is 6. The predicted octanol–water partition coefficient (Wildman–Crippen LogP) is 4.65. The normalized spacial score (nSPS) is 10.7. The van der Waals surface area contributed by atoms with E-state index in [1.54, 1.807) is 24.4 Å². The van der Waals surface area contributed by atoms with Gasteiger partial charge in [-0.05, 0) is 42.8 Å². The molecule has 0 saturated carbocycles. The Morgan fingerprint density at radius 1 is 0.964 bits per heavy atom. The van der Waals surface area contributed by atoms with Crippen LogP contribution in [0.2, 0.25) is 0 Å². The van der Waals surface area contributed by atoms with Crippen LogP contribution in [0.1, 0.15) is 12.8 Å². The number of esters is 1. The first kappa shape index (κ1) is 17.7. The topological polar surface area (TPSA) is 74.5 Å². The Morgan fingerprint density at radius 3 is 2.64 bits per heavy atom. The SMILES string of the molecule is O=C(CCCOc1ccccc1)Oc1ccc2nc(-c3ccccn3)oc2c1. The molecule has 0 saturated heterocycles. The molecule has 0 aliphatic rings. The van der Waals surface area contributed by atoms with Crippen molar-refractivity contribution in [2.75, 3.05) is 6.61 Å². The molecule has 0 spiro atoms. The Kier molecular flexibility index (Phi) is 5.29. The highest BCUT2D eigenvalue weighted by Crippen LogP contribution is 2.26. The fourth-order valence-electron chi connectivity index (χ4n) is 2.67. The Hall–Kier alpha value is -3.67. The third-order valence-electron chi connectivity index (χ3n) is 4.01. The first-order chi connectivity index (χ1) is 13.8. The highest BCUT2D eigenvalue weighted by molar-refractivity contribution is 5.79. The molecule has 6 nitrogen and oxygen atoms in total. The van der Waals surface area contributed by atoms with Gasteiger partial charge < -0.3 is 13.9 Å². The number of carbonyl (C=O) groups excluding carboxylic acids is 1. The Bertz CT molecular complexity index is 1060. The quantitative estimate of drug-likeness (QED) is 0.266. The second-order valence-corrected chi connectivity index (χ2v) is 6.10. The maximum atomic E-state index is 12.1. The van der Waals surface area contributed by atoms with Crippen LogP contribution in [0.5, 0.6) is 11.5 Å². The van der Waals surface area contributed by atoms with Crippen LogP contribution in [0.4, 0.5) is 0 Å². The fourth-order valence-corrected chi connectivity index (χ4v) is 2.67. The van der Waals surface area contributed by atoms with Crippen LogP contribution in [-0.4, -0.2) is 22.5 Å². The summed E-state index contributed by atoms with van der Waals surface area (Å²) in [5.74, 6) is 1.32. The summed E-state index contributed by atoms with van der Waals surface area (Å²) in [5, 5.41) is 0. The lowest BCUT2D eigenvalue weighted by molar-refractivity contribution is -0.134. The molecule has 2 aromatic heterocycles. The summed E-state index contributed by atoms with van der Waals surface area (Å²) in [6.07, 6.45) is 2.52. The van der Waals surface area contributed by atoms with E-state index in [0.717, 1.165) is 5.75 Å². The van der Waals surface area contributed by atoms with E-state index in [1.165, 1.54) is 0 Å². The summed E-state index contributed by atoms with van der Waals surface area (Å²) in [6.45, 7) is 0.452. The third-order valence-corrected chi connectivity index (χ3v) is 4.01. The number of pyridine rings is 1. The Labute approximate surface area is 161 Å². The fraction of sp³-hybridized carbons (Fsp3) is 0.136. The van der Waals surface area contributed by atoms with Gasteiger partial charge in [0.05, 0.1) is 6.61 Å². The minimum atomic E-state index is -0.319. The van der Waals surface area contributed by atoms with Crippen molar-refractivity contribution in [2.24, 2.45) is 0 Å². The van der Waals surface area contributed by atoms with Crippen molar-refractivity contribution in [3.05, 3.63) is 72.9 Å². The number of aromatic nitrogens is 2. The van der Waals surface area contributed by atoms with E-state index in [0.29, 0.717) is 41.5 Å². The number of carbonyl (C=O) groups is 1. The molecule has 0 N–H and O–H groups in total. The number of nitrogens with zero attached hydrogens (tertiary/aromatic N) is 2. The molecule has 0 radical (unpaired) electrons. The average molecular weight is 374 g/mol. The maximum absolute atomic E-state index is 12.1. The number of benzene rings is 2. The van der Waals surface area contributed by atoms with E-state index >= 15 is 0 Å². The van der Waals surface area contributed by atoms with E-state index in [4.69, 9.17) is 13.9 Å². The molecule has 0 atom stereocenters. The number of oxazole rings is 1. The zero-order chi connectivity index (χ0) is 19.2. The molecule has 4 rings (SSSR count). The summed E-state index contributed by atoms with van der Waals surface area (Å²) in [5.41, 5.74) is 1.87. The third kappa shape index (κ3) is 4.35. The van der Waals surface area contributed by atoms with Gasteiger partial charge in [-0.3, -0.25) is 9.78 Å². The predicted molar refractivity (Wildman–Crippen MR) is 104 cm³/mol. The first-order valence-electron chi connectivity index (χ1n) is 8.98. The van der Waals surface area contributed by atoms with Crippen LogP contribution in [0.15, 0.2) is 77.3 Å². The van der Waals surface area contributed by atoms with Gasteiger partial charge in [0.2, 0.25) is 5.89 Å². The van der Waals surface area contributed by atoms with E-state index in [1.807, 2.05) is 48.5 Å². The molecule has 0 bridgehead atoms. The molecule has 140 valence electrons. The molecule has 0 aliphatic heterocycles. The average Bonchev–Trinajstić information content (AvgIpc) is 3.16. The van der Waals surface area contributed by atoms with Crippen LogP contribution >= 0.6 is 0 Å². The molecule has 0 unspecified atom stereocenters. The molecular formula is C22H18N2O4. The molecule has 2 heterocycles. The summed E-state index contributed by atoms with van der Waals surface area (Å²) in [4.78, 5) is 20.7. The first-order valence-corrected chi connectivity index (χ1v) is 8.98. The van der Waals surface area contributed by atoms with Crippen molar-refractivity contribution >= 4 is 17.1 Å². The molecule has 0 aliphatic carbocycles. The van der Waals surface area contributed by atoms with Gasteiger partial charge in [0, 0.05) is 18.7 Å². The Balaban J connectivity index is 1.33. The highest BCUT2D eigenvalue weighted by Gasteiger charge is 2.11. The molecule has 0 amide bonds. The smallest absolute Gasteiger partial charge is 0.311 e. The standard InChI is InChI=1S/C22H18N2O4/c25-21(10-6-14-26-16-7-2-1-3-8-16)27-17-11-12-18-20(15-17)28-22(24-18)19-9-4-5-13-23-19/h1-5,7-9,11-13,15H,6,10,14H2. The van der Waals surface area contributed by atoms with Crippen LogP contribution < -0.4 is 9.47 Å². The zero-order valence-electron chi connectivity index (χ0n) is 15.1. The maximum Gasteiger partial charge on any atom is 0.311 e. The number of hydrogen-bond donors (Lipinski definition) is 0. The lowest BCUT2D eigenvalue weighted by atomic mass is 10.3. The van der Waals surface area contributed by atoms with Gasteiger partial charge in [-0.25, -0.2) is 4.98 Å². The van der Waals surface area contributed by atoms with Gasteiger partial charge in [-0.1, -0.05) is 24.3 Å². The van der Waals surface area contributed by atoms with Gasteiger partial charge >= 0.3 is 5.97 Å². The number of ether oxygens (including phenoxy) is 2. The van der Waals surface area contributed by atoms with Crippen LogP contribution in [0, 0.1) is 0 Å². The second-order valence-electron chi connectivity index (χ2n) is 6.10.